The normalized spacial score (nSPS) is 19.9. The fraction of sp³-hybridized carbons (Fsp3) is 0.417. The summed E-state index contributed by atoms with van der Waals surface area (Å²) in [6.45, 7) is 1.48. The van der Waals surface area contributed by atoms with Crippen molar-refractivity contribution in [3.05, 3.63) is 59.7 Å². The molecule has 4 rings (SSSR count). The number of hydrogen-bond donors (Lipinski definition) is 0. The van der Waals surface area contributed by atoms with Crippen molar-refractivity contribution in [3.63, 3.8) is 0 Å². The van der Waals surface area contributed by atoms with Gasteiger partial charge in [0.05, 0.1) is 13.2 Å². The predicted octanol–water partition coefficient (Wildman–Crippen LogP) is 4.58. The zero-order valence-corrected chi connectivity index (χ0v) is 17.0. The van der Waals surface area contributed by atoms with Gasteiger partial charge in [0.15, 0.2) is 0 Å². The number of carbonyl (C=O) groups excluding carboxylic acids is 2. The van der Waals surface area contributed by atoms with Crippen LogP contribution < -0.4 is 9.64 Å². The fourth-order valence-corrected chi connectivity index (χ4v) is 4.42. The van der Waals surface area contributed by atoms with Crippen molar-refractivity contribution in [1.82, 2.24) is 4.90 Å². The number of hydrogen-bond acceptors (Lipinski definition) is 3. The van der Waals surface area contributed by atoms with E-state index in [1.165, 1.54) is 0 Å². The number of rotatable bonds is 4. The summed E-state index contributed by atoms with van der Waals surface area (Å²) in [5, 5.41) is 0. The van der Waals surface area contributed by atoms with Gasteiger partial charge in [-0.15, -0.1) is 0 Å². The molecule has 0 radical (unpaired) electrons. The zero-order valence-electron chi connectivity index (χ0n) is 17.0. The molecule has 2 heterocycles. The SMILES string of the molecule is COc1ccc([C@H]2CCCCCN2C(=O)c2cccc(N3CCCC3=O)c2)cc1. The van der Waals surface area contributed by atoms with Gasteiger partial charge in [-0.25, -0.2) is 0 Å². The number of benzene rings is 2. The Kier molecular flexibility index (Phi) is 5.84. The minimum atomic E-state index is 0.0428. The van der Waals surface area contributed by atoms with Crippen LogP contribution in [0.1, 0.15) is 60.5 Å². The summed E-state index contributed by atoms with van der Waals surface area (Å²) < 4.78 is 5.28. The maximum absolute atomic E-state index is 13.5. The largest absolute Gasteiger partial charge is 0.497 e. The molecule has 2 aromatic carbocycles. The number of nitrogens with zero attached hydrogens (tertiary/aromatic N) is 2. The second-order valence-corrected chi connectivity index (χ2v) is 7.84. The van der Waals surface area contributed by atoms with E-state index in [-0.39, 0.29) is 17.9 Å². The van der Waals surface area contributed by atoms with Gasteiger partial charge in [-0.05, 0) is 55.2 Å². The van der Waals surface area contributed by atoms with E-state index in [1.54, 1.807) is 12.0 Å². The van der Waals surface area contributed by atoms with Crippen LogP contribution in [0.5, 0.6) is 5.75 Å². The molecule has 5 heteroatoms. The molecule has 0 aromatic heterocycles. The van der Waals surface area contributed by atoms with E-state index in [9.17, 15) is 9.59 Å². The molecule has 0 saturated carbocycles. The lowest BCUT2D eigenvalue weighted by Gasteiger charge is -2.31. The Balaban J connectivity index is 1.61. The number of methoxy groups -OCH3 is 1. The lowest BCUT2D eigenvalue weighted by Crippen LogP contribution is -2.35. The molecular formula is C24H28N2O3. The van der Waals surface area contributed by atoms with Crippen LogP contribution in [0, 0.1) is 0 Å². The molecule has 2 amide bonds. The summed E-state index contributed by atoms with van der Waals surface area (Å²) in [5.74, 6) is 1.00. The molecule has 2 aliphatic rings. The monoisotopic (exact) mass is 392 g/mol. The first-order valence-electron chi connectivity index (χ1n) is 10.5. The molecule has 0 spiro atoms. The van der Waals surface area contributed by atoms with Crippen LogP contribution in [0.2, 0.25) is 0 Å². The Morgan fingerprint density at radius 3 is 2.55 bits per heavy atom. The van der Waals surface area contributed by atoms with Crippen LogP contribution >= 0.6 is 0 Å². The van der Waals surface area contributed by atoms with E-state index in [0.717, 1.165) is 62.2 Å². The van der Waals surface area contributed by atoms with Gasteiger partial charge in [0.1, 0.15) is 5.75 Å². The van der Waals surface area contributed by atoms with E-state index in [4.69, 9.17) is 4.74 Å². The van der Waals surface area contributed by atoms with Gasteiger partial charge < -0.3 is 14.5 Å². The van der Waals surface area contributed by atoms with E-state index in [1.807, 2.05) is 41.3 Å². The van der Waals surface area contributed by atoms with Gasteiger partial charge >= 0.3 is 0 Å². The molecule has 0 N–H and O–H groups in total. The minimum absolute atomic E-state index is 0.0428. The maximum atomic E-state index is 13.5. The first-order valence-corrected chi connectivity index (χ1v) is 10.5. The van der Waals surface area contributed by atoms with Gasteiger partial charge in [-0.2, -0.15) is 0 Å². The third-order valence-electron chi connectivity index (χ3n) is 5.99. The summed E-state index contributed by atoms with van der Waals surface area (Å²) in [7, 11) is 1.66. The topological polar surface area (TPSA) is 49.9 Å². The zero-order chi connectivity index (χ0) is 20.2. The lowest BCUT2D eigenvalue weighted by atomic mass is 9.99. The summed E-state index contributed by atoms with van der Waals surface area (Å²) in [5.41, 5.74) is 2.63. The molecule has 5 nitrogen and oxygen atoms in total. The maximum Gasteiger partial charge on any atom is 0.254 e. The Morgan fingerprint density at radius 2 is 1.83 bits per heavy atom. The summed E-state index contributed by atoms with van der Waals surface area (Å²) in [4.78, 5) is 29.4. The molecule has 2 aliphatic heterocycles. The molecule has 29 heavy (non-hydrogen) atoms. The van der Waals surface area contributed by atoms with Gasteiger partial charge in [-0.3, -0.25) is 9.59 Å². The molecule has 1 atom stereocenters. The van der Waals surface area contributed by atoms with E-state index in [2.05, 4.69) is 12.1 Å². The van der Waals surface area contributed by atoms with Gasteiger partial charge in [0.2, 0.25) is 5.91 Å². The molecular weight excluding hydrogens is 364 g/mol. The van der Waals surface area contributed by atoms with Crippen molar-refractivity contribution in [1.29, 1.82) is 0 Å². The fourth-order valence-electron chi connectivity index (χ4n) is 4.42. The van der Waals surface area contributed by atoms with Crippen LogP contribution in [0.3, 0.4) is 0 Å². The smallest absolute Gasteiger partial charge is 0.254 e. The molecule has 2 fully saturated rings. The van der Waals surface area contributed by atoms with Crippen molar-refractivity contribution in [3.8, 4) is 5.75 Å². The van der Waals surface area contributed by atoms with Crippen molar-refractivity contribution >= 4 is 17.5 Å². The molecule has 2 saturated heterocycles. The number of anilines is 1. The highest BCUT2D eigenvalue weighted by Gasteiger charge is 2.28. The average molecular weight is 392 g/mol. The van der Waals surface area contributed by atoms with Crippen LogP contribution in [-0.4, -0.2) is 36.9 Å². The number of ether oxygens (including phenoxy) is 1. The number of amides is 2. The lowest BCUT2D eigenvalue weighted by molar-refractivity contribution is -0.117. The van der Waals surface area contributed by atoms with Gasteiger partial charge in [-0.1, -0.05) is 31.0 Å². The van der Waals surface area contributed by atoms with Crippen LogP contribution in [0.15, 0.2) is 48.5 Å². The van der Waals surface area contributed by atoms with Crippen LogP contribution in [-0.2, 0) is 4.79 Å². The van der Waals surface area contributed by atoms with Gasteiger partial charge in [0, 0.05) is 30.8 Å². The van der Waals surface area contributed by atoms with E-state index >= 15 is 0 Å². The highest BCUT2D eigenvalue weighted by atomic mass is 16.5. The summed E-state index contributed by atoms with van der Waals surface area (Å²) >= 11 is 0. The molecule has 0 aliphatic carbocycles. The van der Waals surface area contributed by atoms with Crippen molar-refractivity contribution in [2.75, 3.05) is 25.1 Å². The van der Waals surface area contributed by atoms with Crippen molar-refractivity contribution in [2.45, 2.75) is 44.6 Å². The quantitative estimate of drug-likeness (QED) is 0.765. The summed E-state index contributed by atoms with van der Waals surface area (Å²) in [6, 6.07) is 15.7. The van der Waals surface area contributed by atoms with Crippen molar-refractivity contribution in [2.24, 2.45) is 0 Å². The Hall–Kier alpha value is -2.82. The highest BCUT2D eigenvalue weighted by Crippen LogP contribution is 2.33. The molecule has 152 valence electrons. The first-order chi connectivity index (χ1) is 14.2. The molecule has 2 aromatic rings. The van der Waals surface area contributed by atoms with Crippen LogP contribution in [0.4, 0.5) is 5.69 Å². The molecule has 0 unspecified atom stereocenters. The minimum Gasteiger partial charge on any atom is -0.497 e. The second kappa shape index (κ2) is 8.68. The Morgan fingerprint density at radius 1 is 1.00 bits per heavy atom. The van der Waals surface area contributed by atoms with E-state index < -0.39 is 0 Å². The highest BCUT2D eigenvalue weighted by molar-refractivity contribution is 5.99. The average Bonchev–Trinajstić information content (AvgIpc) is 3.05. The standard InChI is InChI=1S/C24H28N2O3/c1-29-21-13-11-18(12-14-21)22-9-3-2-4-15-26(22)24(28)19-7-5-8-20(17-19)25-16-6-10-23(25)27/h5,7-8,11-14,17,22H,2-4,6,9-10,15-16H2,1H3/t22-/m1/s1. The van der Waals surface area contributed by atoms with Gasteiger partial charge in [0.25, 0.3) is 5.91 Å². The first kappa shape index (κ1) is 19.5. The predicted molar refractivity (Wildman–Crippen MR) is 113 cm³/mol. The number of carbonyl (C=O) groups is 2. The Labute approximate surface area is 172 Å². The number of likely N-dealkylation sites (tertiary alicyclic amines) is 1. The Bertz CT molecular complexity index is 878. The van der Waals surface area contributed by atoms with Crippen LogP contribution in [0.25, 0.3) is 0 Å². The van der Waals surface area contributed by atoms with E-state index in [0.29, 0.717) is 12.0 Å². The third-order valence-corrected chi connectivity index (χ3v) is 5.99. The second-order valence-electron chi connectivity index (χ2n) is 7.84. The third kappa shape index (κ3) is 4.14. The summed E-state index contributed by atoms with van der Waals surface area (Å²) in [6.07, 6.45) is 5.69. The molecule has 0 bridgehead atoms. The van der Waals surface area contributed by atoms with Crippen molar-refractivity contribution < 1.29 is 14.3 Å².